The van der Waals surface area contributed by atoms with Gasteiger partial charge in [-0.05, 0) is 38.3 Å². The van der Waals surface area contributed by atoms with Crippen molar-refractivity contribution >= 4 is 5.97 Å². The second-order valence-corrected chi connectivity index (χ2v) is 5.87. The summed E-state index contributed by atoms with van der Waals surface area (Å²) in [6, 6.07) is 4.30. The van der Waals surface area contributed by atoms with Gasteiger partial charge in [0.1, 0.15) is 5.69 Å². The van der Waals surface area contributed by atoms with E-state index in [1.807, 2.05) is 6.07 Å². The minimum Gasteiger partial charge on any atom is -0.464 e. The number of rotatable bonds is 4. The van der Waals surface area contributed by atoms with Crippen LogP contribution < -0.4 is 0 Å². The number of aromatic nitrogens is 1. The molecule has 0 amide bonds. The Balaban J connectivity index is 2.19. The Kier molecular flexibility index (Phi) is 4.67. The molecule has 0 atom stereocenters. The van der Waals surface area contributed by atoms with Crippen molar-refractivity contribution in [1.29, 1.82) is 0 Å². The van der Waals surface area contributed by atoms with E-state index in [1.54, 1.807) is 0 Å². The molecule has 0 N–H and O–H groups in total. The van der Waals surface area contributed by atoms with Crippen molar-refractivity contribution in [1.82, 2.24) is 4.57 Å². The summed E-state index contributed by atoms with van der Waals surface area (Å²) >= 11 is 0. The average molecular weight is 263 g/mol. The summed E-state index contributed by atoms with van der Waals surface area (Å²) in [5, 5.41) is 0. The molecule has 1 heterocycles. The Morgan fingerprint density at radius 3 is 2.58 bits per heavy atom. The maximum absolute atomic E-state index is 11.8. The monoisotopic (exact) mass is 263 g/mol. The number of carbonyl (C=O) groups is 1. The Hall–Kier alpha value is -1.25. The highest BCUT2D eigenvalue weighted by atomic mass is 16.5. The Morgan fingerprint density at radius 2 is 2.00 bits per heavy atom. The molecule has 1 fully saturated rings. The topological polar surface area (TPSA) is 31.2 Å². The molecule has 0 radical (unpaired) electrons. The molecule has 0 aliphatic heterocycles. The van der Waals surface area contributed by atoms with Gasteiger partial charge in [-0.2, -0.15) is 0 Å². The summed E-state index contributed by atoms with van der Waals surface area (Å²) in [5.74, 6) is 0.551. The van der Waals surface area contributed by atoms with Crippen LogP contribution in [0.25, 0.3) is 0 Å². The van der Waals surface area contributed by atoms with E-state index in [1.165, 1.54) is 44.9 Å². The number of nitrogens with zero attached hydrogens (tertiary/aromatic N) is 1. The highest BCUT2D eigenvalue weighted by Crippen LogP contribution is 2.28. The number of carbonyl (C=O) groups excluding carboxylic acids is 1. The van der Waals surface area contributed by atoms with Crippen molar-refractivity contribution in [3.05, 3.63) is 23.5 Å². The van der Waals surface area contributed by atoms with Crippen molar-refractivity contribution in [3.63, 3.8) is 0 Å². The van der Waals surface area contributed by atoms with Crippen molar-refractivity contribution in [2.75, 3.05) is 7.11 Å². The quantitative estimate of drug-likeness (QED) is 0.769. The van der Waals surface area contributed by atoms with E-state index in [0.717, 1.165) is 12.3 Å². The van der Waals surface area contributed by atoms with Gasteiger partial charge >= 0.3 is 5.97 Å². The van der Waals surface area contributed by atoms with Gasteiger partial charge in [-0.25, -0.2) is 4.79 Å². The minimum absolute atomic E-state index is 0.233. The largest absolute Gasteiger partial charge is 0.464 e. The summed E-state index contributed by atoms with van der Waals surface area (Å²) in [6.07, 6.45) is 7.85. The molecule has 2 rings (SSSR count). The first kappa shape index (κ1) is 14.2. The van der Waals surface area contributed by atoms with Crippen LogP contribution >= 0.6 is 0 Å². The molecule has 0 aromatic carbocycles. The average Bonchev–Trinajstić information content (AvgIpc) is 2.83. The lowest BCUT2D eigenvalue weighted by molar-refractivity contribution is 0.0586. The maximum atomic E-state index is 11.8. The van der Waals surface area contributed by atoms with E-state index in [4.69, 9.17) is 4.74 Å². The van der Waals surface area contributed by atoms with E-state index in [0.29, 0.717) is 11.7 Å². The summed E-state index contributed by atoms with van der Waals surface area (Å²) in [6.45, 7) is 4.24. The second-order valence-electron chi connectivity index (χ2n) is 5.87. The molecule has 0 unspecified atom stereocenters. The number of methoxy groups -OCH3 is 1. The van der Waals surface area contributed by atoms with Gasteiger partial charge in [0.25, 0.3) is 0 Å². The number of hydrogen-bond donors (Lipinski definition) is 0. The molecule has 1 aliphatic carbocycles. The first-order valence-corrected chi connectivity index (χ1v) is 7.42. The smallest absolute Gasteiger partial charge is 0.354 e. The van der Waals surface area contributed by atoms with Crippen LogP contribution in [-0.2, 0) is 11.2 Å². The summed E-state index contributed by atoms with van der Waals surface area (Å²) in [5.41, 5.74) is 1.96. The zero-order valence-electron chi connectivity index (χ0n) is 12.3. The SMILES string of the molecule is COC(=O)c1ccc(CC2CCCCC2)n1C(C)C. The van der Waals surface area contributed by atoms with Crippen LogP contribution in [0.2, 0.25) is 0 Å². The number of esters is 1. The molecule has 106 valence electrons. The molecule has 1 aliphatic rings. The van der Waals surface area contributed by atoms with Gasteiger partial charge in [0.05, 0.1) is 7.11 Å². The lowest BCUT2D eigenvalue weighted by Gasteiger charge is -2.23. The van der Waals surface area contributed by atoms with Gasteiger partial charge in [-0.15, -0.1) is 0 Å². The third-order valence-electron chi connectivity index (χ3n) is 4.14. The minimum atomic E-state index is -0.233. The molecular formula is C16H25NO2. The molecule has 0 saturated heterocycles. The zero-order chi connectivity index (χ0) is 13.8. The van der Waals surface area contributed by atoms with Gasteiger partial charge in [0, 0.05) is 11.7 Å². The van der Waals surface area contributed by atoms with Crippen LogP contribution in [0.5, 0.6) is 0 Å². The summed E-state index contributed by atoms with van der Waals surface area (Å²) in [4.78, 5) is 11.8. The molecule has 0 bridgehead atoms. The van der Waals surface area contributed by atoms with Gasteiger partial charge in [-0.3, -0.25) is 0 Å². The maximum Gasteiger partial charge on any atom is 0.354 e. The van der Waals surface area contributed by atoms with E-state index in [9.17, 15) is 4.79 Å². The standard InChI is InChI=1S/C16H25NO2/c1-12(2)17-14(9-10-15(17)16(18)19-3)11-13-7-5-4-6-8-13/h9-10,12-13H,4-8,11H2,1-3H3. The number of hydrogen-bond acceptors (Lipinski definition) is 2. The zero-order valence-corrected chi connectivity index (χ0v) is 12.3. The third kappa shape index (κ3) is 3.20. The second kappa shape index (κ2) is 6.27. The highest BCUT2D eigenvalue weighted by molar-refractivity contribution is 5.87. The van der Waals surface area contributed by atoms with Crippen molar-refractivity contribution in [3.8, 4) is 0 Å². The van der Waals surface area contributed by atoms with Gasteiger partial charge in [0.15, 0.2) is 0 Å². The molecule has 1 aromatic rings. The van der Waals surface area contributed by atoms with Crippen molar-refractivity contribution in [2.24, 2.45) is 5.92 Å². The third-order valence-corrected chi connectivity index (χ3v) is 4.14. The van der Waals surface area contributed by atoms with Crippen molar-refractivity contribution < 1.29 is 9.53 Å². The predicted molar refractivity (Wildman–Crippen MR) is 76.4 cm³/mol. The number of ether oxygens (including phenoxy) is 1. The van der Waals surface area contributed by atoms with Crippen LogP contribution in [0, 0.1) is 5.92 Å². The first-order chi connectivity index (χ1) is 9.13. The Bertz CT molecular complexity index is 428. The molecule has 0 spiro atoms. The molecule has 1 saturated carbocycles. The van der Waals surface area contributed by atoms with Gasteiger partial charge < -0.3 is 9.30 Å². The highest BCUT2D eigenvalue weighted by Gasteiger charge is 2.21. The first-order valence-electron chi connectivity index (χ1n) is 7.42. The van der Waals surface area contributed by atoms with Crippen LogP contribution in [0.15, 0.2) is 12.1 Å². The van der Waals surface area contributed by atoms with Gasteiger partial charge in [0.2, 0.25) is 0 Å². The molecule has 1 aromatic heterocycles. The fourth-order valence-corrected chi connectivity index (χ4v) is 3.22. The van der Waals surface area contributed by atoms with E-state index in [2.05, 4.69) is 24.5 Å². The predicted octanol–water partition coefficient (Wildman–Crippen LogP) is 3.98. The molecule has 19 heavy (non-hydrogen) atoms. The van der Waals surface area contributed by atoms with E-state index in [-0.39, 0.29) is 5.97 Å². The fraction of sp³-hybridized carbons (Fsp3) is 0.688. The van der Waals surface area contributed by atoms with Crippen LogP contribution in [0.1, 0.15) is 68.2 Å². The lowest BCUT2D eigenvalue weighted by Crippen LogP contribution is -2.17. The van der Waals surface area contributed by atoms with E-state index < -0.39 is 0 Å². The van der Waals surface area contributed by atoms with Gasteiger partial charge in [-0.1, -0.05) is 32.1 Å². The van der Waals surface area contributed by atoms with Crippen LogP contribution in [-0.4, -0.2) is 17.6 Å². The normalized spacial score (nSPS) is 16.8. The molecule has 3 nitrogen and oxygen atoms in total. The van der Waals surface area contributed by atoms with Crippen molar-refractivity contribution in [2.45, 2.75) is 58.4 Å². The lowest BCUT2D eigenvalue weighted by atomic mass is 9.86. The Labute approximate surface area is 115 Å². The van der Waals surface area contributed by atoms with Crippen LogP contribution in [0.4, 0.5) is 0 Å². The fourth-order valence-electron chi connectivity index (χ4n) is 3.22. The summed E-state index contributed by atoms with van der Waals surface area (Å²) < 4.78 is 7.01. The van der Waals surface area contributed by atoms with E-state index >= 15 is 0 Å². The summed E-state index contributed by atoms with van der Waals surface area (Å²) in [7, 11) is 1.45. The molecule has 3 heteroatoms. The Morgan fingerprint density at radius 1 is 1.32 bits per heavy atom. The van der Waals surface area contributed by atoms with Crippen LogP contribution in [0.3, 0.4) is 0 Å². The molecular weight excluding hydrogens is 238 g/mol.